The summed E-state index contributed by atoms with van der Waals surface area (Å²) in [5.74, 6) is 2.74. The van der Waals surface area contributed by atoms with Gasteiger partial charge in [-0.25, -0.2) is 0 Å². The first-order valence-electron chi connectivity index (χ1n) is 7.20. The van der Waals surface area contributed by atoms with Gasteiger partial charge in [-0.3, -0.25) is 10.3 Å². The molecule has 5 nitrogen and oxygen atoms in total. The van der Waals surface area contributed by atoms with E-state index in [9.17, 15) is 0 Å². The van der Waals surface area contributed by atoms with Crippen LogP contribution in [0, 0.1) is 5.41 Å². The van der Waals surface area contributed by atoms with Crippen molar-refractivity contribution in [2.75, 3.05) is 16.8 Å². The molecule has 2 aliphatic rings. The Kier molecular flexibility index (Phi) is 2.87. The summed E-state index contributed by atoms with van der Waals surface area (Å²) < 4.78 is 11.4. The average molecular weight is 305 g/mol. The maximum Gasteiger partial charge on any atom is 0.206 e. The highest BCUT2D eigenvalue weighted by molar-refractivity contribution is 5.89. The zero-order chi connectivity index (χ0) is 16.0. The number of nitrogens with one attached hydrogen (secondary N) is 1. The van der Waals surface area contributed by atoms with Crippen molar-refractivity contribution < 1.29 is 9.47 Å². The fourth-order valence-electron chi connectivity index (χ4n) is 2.70. The second kappa shape index (κ2) is 4.91. The third-order valence-electron chi connectivity index (χ3n) is 3.94. The topological polar surface area (TPSA) is 48.8 Å². The molecule has 2 aliphatic heterocycles. The van der Waals surface area contributed by atoms with Gasteiger partial charge in [0.05, 0.1) is 17.7 Å². The number of para-hydroxylation sites is 2. The lowest BCUT2D eigenvalue weighted by atomic mass is 10.1. The van der Waals surface area contributed by atoms with E-state index in [0.29, 0.717) is 11.8 Å². The van der Waals surface area contributed by atoms with E-state index in [-0.39, 0.29) is 0 Å². The first kappa shape index (κ1) is 13.5. The van der Waals surface area contributed by atoms with Crippen LogP contribution in [0.2, 0.25) is 0 Å². The van der Waals surface area contributed by atoms with Gasteiger partial charge < -0.3 is 14.4 Å². The highest BCUT2D eigenvalue weighted by Crippen LogP contribution is 2.40. The molecule has 0 fully saturated rings. The van der Waals surface area contributed by atoms with E-state index >= 15 is 0 Å². The molecule has 0 saturated carbocycles. The quantitative estimate of drug-likeness (QED) is 0.677. The highest BCUT2D eigenvalue weighted by Gasteiger charge is 2.25. The predicted octanol–water partition coefficient (Wildman–Crippen LogP) is 3.79. The Morgan fingerprint density at radius 2 is 1.83 bits per heavy atom. The van der Waals surface area contributed by atoms with Gasteiger partial charge in [0, 0.05) is 13.1 Å². The van der Waals surface area contributed by atoms with Crippen molar-refractivity contribution in [2.45, 2.75) is 0 Å². The summed E-state index contributed by atoms with van der Waals surface area (Å²) in [6.45, 7) is 3.86. The highest BCUT2D eigenvalue weighted by atomic mass is 16.5. The van der Waals surface area contributed by atoms with Gasteiger partial charge in [-0.15, -0.1) is 0 Å². The van der Waals surface area contributed by atoms with Crippen molar-refractivity contribution in [1.29, 1.82) is 5.41 Å². The molecule has 23 heavy (non-hydrogen) atoms. The Morgan fingerprint density at radius 1 is 1.04 bits per heavy atom. The first-order chi connectivity index (χ1) is 11.2. The third kappa shape index (κ3) is 2.05. The summed E-state index contributed by atoms with van der Waals surface area (Å²) in [6, 6.07) is 13.5. The summed E-state index contributed by atoms with van der Waals surface area (Å²) in [4.78, 5) is 3.61. The van der Waals surface area contributed by atoms with E-state index in [1.165, 1.54) is 6.34 Å². The van der Waals surface area contributed by atoms with Gasteiger partial charge in [-0.1, -0.05) is 18.2 Å². The number of anilines is 2. The molecule has 0 bridgehead atoms. The number of nitrogens with zero attached hydrogens (tertiary/aromatic N) is 2. The number of fused-ring (bicyclic) bond motifs is 2. The minimum absolute atomic E-state index is 0.599. The monoisotopic (exact) mass is 305 g/mol. The van der Waals surface area contributed by atoms with Crippen LogP contribution in [0.1, 0.15) is 5.56 Å². The molecular formula is C18H15N3O2. The Morgan fingerprint density at radius 3 is 2.65 bits per heavy atom. The molecule has 2 aromatic rings. The summed E-state index contributed by atoms with van der Waals surface area (Å²) in [5, 5.41) is 7.65. The molecule has 0 spiro atoms. The summed E-state index contributed by atoms with van der Waals surface area (Å²) in [5.41, 5.74) is 2.79. The van der Waals surface area contributed by atoms with Gasteiger partial charge in [0.25, 0.3) is 0 Å². The molecule has 0 radical (unpaired) electrons. The number of hydrogen-bond acceptors (Lipinski definition) is 4. The van der Waals surface area contributed by atoms with Crippen LogP contribution >= 0.6 is 0 Å². The number of hydrogen-bond donors (Lipinski definition) is 1. The maximum absolute atomic E-state index is 7.65. The van der Waals surface area contributed by atoms with Crippen LogP contribution in [0.5, 0.6) is 11.5 Å². The molecule has 0 amide bonds. The SMILES string of the molecule is C=C1Oc2ccc(/C=C3/Oc4ccccc4N3C=N)cc2N1C. The van der Waals surface area contributed by atoms with Crippen molar-refractivity contribution in [3.05, 3.63) is 66.4 Å². The zero-order valence-electron chi connectivity index (χ0n) is 12.6. The Labute approximate surface area is 134 Å². The molecule has 5 heteroatoms. The van der Waals surface area contributed by atoms with Crippen molar-refractivity contribution in [3.8, 4) is 11.5 Å². The largest absolute Gasteiger partial charge is 0.439 e. The normalized spacial score (nSPS) is 16.9. The standard InChI is InChI=1S/C18H15N3O2/c1-12-20(2)15-9-13(7-8-17(15)22-12)10-18-21(11-19)14-5-3-4-6-16(14)23-18/h3-11,19H,1H2,2H3/b18-10+,19-11?. The molecule has 2 heterocycles. The lowest BCUT2D eigenvalue weighted by Crippen LogP contribution is -2.16. The van der Waals surface area contributed by atoms with Gasteiger partial charge in [0.1, 0.15) is 0 Å². The zero-order valence-corrected chi connectivity index (χ0v) is 12.6. The van der Waals surface area contributed by atoms with Gasteiger partial charge in [-0.05, 0) is 36.4 Å². The third-order valence-corrected chi connectivity index (χ3v) is 3.94. The molecule has 114 valence electrons. The maximum atomic E-state index is 7.65. The van der Waals surface area contributed by atoms with Gasteiger partial charge in [-0.2, -0.15) is 0 Å². The first-order valence-corrected chi connectivity index (χ1v) is 7.20. The van der Waals surface area contributed by atoms with Crippen molar-refractivity contribution in [2.24, 2.45) is 0 Å². The number of ether oxygens (including phenoxy) is 2. The van der Waals surface area contributed by atoms with E-state index in [1.54, 1.807) is 4.90 Å². The van der Waals surface area contributed by atoms with E-state index in [4.69, 9.17) is 14.9 Å². The van der Waals surface area contributed by atoms with Crippen molar-refractivity contribution in [1.82, 2.24) is 0 Å². The molecule has 0 aromatic heterocycles. The lowest BCUT2D eigenvalue weighted by Gasteiger charge is -2.12. The van der Waals surface area contributed by atoms with Crippen LogP contribution in [-0.4, -0.2) is 13.4 Å². The van der Waals surface area contributed by atoms with Crippen molar-refractivity contribution in [3.63, 3.8) is 0 Å². The lowest BCUT2D eigenvalue weighted by molar-refractivity contribution is 0.446. The van der Waals surface area contributed by atoms with Crippen LogP contribution in [0.4, 0.5) is 11.4 Å². The summed E-state index contributed by atoms with van der Waals surface area (Å²) in [6.07, 6.45) is 3.16. The van der Waals surface area contributed by atoms with Crippen LogP contribution in [0.3, 0.4) is 0 Å². The second-order valence-electron chi connectivity index (χ2n) is 5.33. The van der Waals surface area contributed by atoms with E-state index in [0.717, 1.165) is 28.4 Å². The predicted molar refractivity (Wildman–Crippen MR) is 90.9 cm³/mol. The van der Waals surface area contributed by atoms with Gasteiger partial charge in [0.2, 0.25) is 5.88 Å². The van der Waals surface area contributed by atoms with Crippen LogP contribution < -0.4 is 19.3 Å². The number of rotatable bonds is 2. The minimum Gasteiger partial charge on any atom is -0.439 e. The Bertz CT molecular complexity index is 857. The molecule has 0 saturated heterocycles. The minimum atomic E-state index is 0.599. The average Bonchev–Trinajstić information content (AvgIpc) is 3.05. The smallest absolute Gasteiger partial charge is 0.206 e. The Hall–Kier alpha value is -3.21. The van der Waals surface area contributed by atoms with Gasteiger partial charge in [0.15, 0.2) is 17.4 Å². The molecule has 2 aromatic carbocycles. The van der Waals surface area contributed by atoms with Crippen LogP contribution in [-0.2, 0) is 0 Å². The van der Waals surface area contributed by atoms with Crippen LogP contribution in [0.15, 0.2) is 60.8 Å². The summed E-state index contributed by atoms with van der Waals surface area (Å²) in [7, 11) is 1.91. The molecule has 0 unspecified atom stereocenters. The molecule has 0 atom stereocenters. The summed E-state index contributed by atoms with van der Waals surface area (Å²) >= 11 is 0. The van der Waals surface area contributed by atoms with E-state index in [2.05, 4.69) is 6.58 Å². The molecule has 0 aliphatic carbocycles. The van der Waals surface area contributed by atoms with E-state index < -0.39 is 0 Å². The molecule has 4 rings (SSSR count). The fourth-order valence-corrected chi connectivity index (χ4v) is 2.70. The molecular weight excluding hydrogens is 290 g/mol. The van der Waals surface area contributed by atoms with E-state index in [1.807, 2.05) is 60.5 Å². The van der Waals surface area contributed by atoms with Gasteiger partial charge >= 0.3 is 0 Å². The Balaban J connectivity index is 1.72. The number of benzene rings is 2. The second-order valence-corrected chi connectivity index (χ2v) is 5.33. The fraction of sp³-hybridized carbons (Fsp3) is 0.0556. The van der Waals surface area contributed by atoms with Crippen LogP contribution in [0.25, 0.3) is 6.08 Å². The van der Waals surface area contributed by atoms with Crippen molar-refractivity contribution >= 4 is 23.8 Å². The molecule has 1 N–H and O–H groups in total.